The van der Waals surface area contributed by atoms with Crippen molar-refractivity contribution in [2.45, 2.75) is 45.3 Å². The fourth-order valence-corrected chi connectivity index (χ4v) is 1.24. The normalized spacial score (nSPS) is 12.0. The Morgan fingerprint density at radius 3 is 2.53 bits per heavy atom. The van der Waals surface area contributed by atoms with Gasteiger partial charge in [-0.3, -0.25) is 4.79 Å². The number of methoxy groups -OCH3 is 1. The minimum atomic E-state index is -0.623. The number of rotatable bonds is 6. The lowest BCUT2D eigenvalue weighted by atomic mass is 10.1. The Bertz CT molecular complexity index is 358. The van der Waals surface area contributed by atoms with Crippen molar-refractivity contribution in [2.75, 3.05) is 13.7 Å². The highest BCUT2D eigenvalue weighted by Gasteiger charge is 2.21. The predicted molar refractivity (Wildman–Crippen MR) is 68.4 cm³/mol. The molecule has 1 atom stereocenters. The molecule has 0 unspecified atom stereocenters. The summed E-state index contributed by atoms with van der Waals surface area (Å²) in [4.78, 5) is 25.4. The van der Waals surface area contributed by atoms with Gasteiger partial charge in [0, 0.05) is 17.5 Å². The lowest BCUT2D eigenvalue weighted by Crippen LogP contribution is -2.40. The Morgan fingerprint density at radius 2 is 2.05 bits per heavy atom. The van der Waals surface area contributed by atoms with E-state index in [1.807, 2.05) is 0 Å². The van der Waals surface area contributed by atoms with Crippen LogP contribution in [0.2, 0.25) is 0 Å². The van der Waals surface area contributed by atoms with Gasteiger partial charge in [-0.05, 0) is 32.7 Å². The lowest BCUT2D eigenvalue weighted by molar-refractivity contribution is -0.141. The van der Waals surface area contributed by atoms with Crippen molar-refractivity contribution in [1.29, 1.82) is 0 Å². The Labute approximate surface area is 112 Å². The molecule has 0 aromatic heterocycles. The number of carbonyl (C=O) groups excluding carboxylic acids is 2. The van der Waals surface area contributed by atoms with Crippen LogP contribution in [0.5, 0.6) is 0 Å². The number of nitrogens with one attached hydrogen (secondary N) is 1. The van der Waals surface area contributed by atoms with Crippen LogP contribution in [0.1, 0.15) is 33.6 Å². The van der Waals surface area contributed by atoms with Crippen molar-refractivity contribution in [3.63, 3.8) is 0 Å². The summed E-state index contributed by atoms with van der Waals surface area (Å²) in [6.45, 7) is 5.39. The van der Waals surface area contributed by atoms with E-state index in [2.05, 4.69) is 20.1 Å². The SMILES string of the molecule is COC(=O)C[C@H](CCN=[N+]=[N-])NC(=O)OC(C)(C)C. The van der Waals surface area contributed by atoms with Gasteiger partial charge in [-0.25, -0.2) is 4.79 Å². The Balaban J connectivity index is 4.42. The quantitative estimate of drug-likeness (QED) is 0.345. The first-order chi connectivity index (χ1) is 8.78. The number of hydrogen-bond acceptors (Lipinski definition) is 5. The molecule has 0 aliphatic carbocycles. The Morgan fingerprint density at radius 1 is 1.42 bits per heavy atom. The first kappa shape index (κ1) is 17.1. The van der Waals surface area contributed by atoms with E-state index in [9.17, 15) is 9.59 Å². The number of alkyl carbamates (subject to hydrolysis) is 1. The maximum Gasteiger partial charge on any atom is 0.407 e. The van der Waals surface area contributed by atoms with Gasteiger partial charge in [0.15, 0.2) is 0 Å². The van der Waals surface area contributed by atoms with E-state index in [1.165, 1.54) is 7.11 Å². The number of nitrogens with zero attached hydrogens (tertiary/aromatic N) is 3. The highest BCUT2D eigenvalue weighted by molar-refractivity contribution is 5.72. The molecule has 0 saturated heterocycles. The minimum absolute atomic E-state index is 0.00328. The molecule has 0 aromatic carbocycles. The predicted octanol–water partition coefficient (Wildman–Crippen LogP) is 2.14. The maximum atomic E-state index is 11.6. The molecule has 0 fully saturated rings. The molecule has 0 aliphatic rings. The summed E-state index contributed by atoms with van der Waals surface area (Å²) < 4.78 is 9.62. The summed E-state index contributed by atoms with van der Waals surface area (Å²) >= 11 is 0. The van der Waals surface area contributed by atoms with E-state index in [1.54, 1.807) is 20.8 Å². The van der Waals surface area contributed by atoms with Crippen molar-refractivity contribution < 1.29 is 19.1 Å². The zero-order chi connectivity index (χ0) is 14.9. The van der Waals surface area contributed by atoms with Gasteiger partial charge in [-0.2, -0.15) is 0 Å². The van der Waals surface area contributed by atoms with E-state index in [0.717, 1.165) is 0 Å². The standard InChI is InChI=1S/C11H20N4O4/c1-11(2,3)19-10(17)14-8(5-6-13-15-12)7-9(16)18-4/h8H,5-7H2,1-4H3,(H,14,17)/t8-/m0/s1. The van der Waals surface area contributed by atoms with Crippen LogP contribution in [0.15, 0.2) is 5.11 Å². The Hall–Kier alpha value is -1.95. The molecule has 0 heterocycles. The summed E-state index contributed by atoms with van der Waals surface area (Å²) in [6.07, 6.45) is -0.294. The third kappa shape index (κ3) is 9.72. The minimum Gasteiger partial charge on any atom is -0.469 e. The molecule has 1 N–H and O–H groups in total. The molecule has 0 aromatic rings. The highest BCUT2D eigenvalue weighted by atomic mass is 16.6. The average molecular weight is 272 g/mol. The molecule has 1 amide bonds. The van der Waals surface area contributed by atoms with Crippen LogP contribution in [0.3, 0.4) is 0 Å². The number of amides is 1. The fraction of sp³-hybridized carbons (Fsp3) is 0.818. The fourth-order valence-electron chi connectivity index (χ4n) is 1.24. The molecule has 0 saturated carbocycles. The van der Waals surface area contributed by atoms with Crippen LogP contribution >= 0.6 is 0 Å². The lowest BCUT2D eigenvalue weighted by Gasteiger charge is -2.23. The van der Waals surface area contributed by atoms with Crippen molar-refractivity contribution in [3.05, 3.63) is 10.4 Å². The molecule has 8 nitrogen and oxygen atoms in total. The van der Waals surface area contributed by atoms with Crippen molar-refractivity contribution in [2.24, 2.45) is 5.11 Å². The third-order valence-electron chi connectivity index (χ3n) is 2.00. The van der Waals surface area contributed by atoms with Gasteiger partial charge in [0.2, 0.25) is 0 Å². The zero-order valence-electron chi connectivity index (χ0n) is 11.7. The topological polar surface area (TPSA) is 113 Å². The van der Waals surface area contributed by atoms with Crippen LogP contribution in [-0.2, 0) is 14.3 Å². The maximum absolute atomic E-state index is 11.6. The van der Waals surface area contributed by atoms with Gasteiger partial charge >= 0.3 is 12.1 Å². The first-order valence-corrected chi connectivity index (χ1v) is 5.85. The second-order valence-electron chi connectivity index (χ2n) is 4.87. The van der Waals surface area contributed by atoms with E-state index >= 15 is 0 Å². The van der Waals surface area contributed by atoms with Crippen LogP contribution in [0, 0.1) is 0 Å². The molecule has 108 valence electrons. The van der Waals surface area contributed by atoms with Crippen LogP contribution in [0.25, 0.3) is 10.4 Å². The van der Waals surface area contributed by atoms with E-state index in [0.29, 0.717) is 6.42 Å². The van der Waals surface area contributed by atoms with E-state index < -0.39 is 23.7 Å². The second kappa shape index (κ2) is 8.20. The van der Waals surface area contributed by atoms with Gasteiger partial charge in [-0.1, -0.05) is 5.11 Å². The second-order valence-corrected chi connectivity index (χ2v) is 4.87. The molecule has 0 rings (SSSR count). The van der Waals surface area contributed by atoms with E-state index in [-0.39, 0.29) is 13.0 Å². The van der Waals surface area contributed by atoms with Gasteiger partial charge in [-0.15, -0.1) is 0 Å². The van der Waals surface area contributed by atoms with Gasteiger partial charge in [0.1, 0.15) is 5.60 Å². The van der Waals surface area contributed by atoms with Crippen molar-refractivity contribution in [3.8, 4) is 0 Å². The summed E-state index contributed by atoms with van der Waals surface area (Å²) in [5, 5.41) is 5.92. The van der Waals surface area contributed by atoms with Gasteiger partial charge in [0.25, 0.3) is 0 Å². The third-order valence-corrected chi connectivity index (χ3v) is 2.00. The molecule has 19 heavy (non-hydrogen) atoms. The number of hydrogen-bond donors (Lipinski definition) is 1. The largest absolute Gasteiger partial charge is 0.469 e. The van der Waals surface area contributed by atoms with E-state index in [4.69, 9.17) is 10.3 Å². The van der Waals surface area contributed by atoms with Crippen molar-refractivity contribution >= 4 is 12.1 Å². The first-order valence-electron chi connectivity index (χ1n) is 5.85. The molecule has 8 heteroatoms. The monoisotopic (exact) mass is 272 g/mol. The summed E-state index contributed by atoms with van der Waals surface area (Å²) in [5.41, 5.74) is 7.58. The molecule has 0 spiro atoms. The van der Waals surface area contributed by atoms with Crippen LogP contribution in [-0.4, -0.2) is 37.4 Å². The molecular formula is C11H20N4O4. The van der Waals surface area contributed by atoms with Gasteiger partial charge < -0.3 is 14.8 Å². The van der Waals surface area contributed by atoms with Crippen LogP contribution < -0.4 is 5.32 Å². The average Bonchev–Trinajstić information content (AvgIpc) is 2.26. The smallest absolute Gasteiger partial charge is 0.407 e. The number of carbonyl (C=O) groups is 2. The zero-order valence-corrected chi connectivity index (χ0v) is 11.7. The number of esters is 1. The van der Waals surface area contributed by atoms with Crippen molar-refractivity contribution in [1.82, 2.24) is 5.32 Å². The number of azide groups is 1. The summed E-state index contributed by atoms with van der Waals surface area (Å²) in [7, 11) is 1.26. The Kier molecular flexibility index (Phi) is 7.36. The summed E-state index contributed by atoms with van der Waals surface area (Å²) in [5.74, 6) is -0.456. The molecule has 0 radical (unpaired) electrons. The van der Waals surface area contributed by atoms with Gasteiger partial charge in [0.05, 0.1) is 13.5 Å². The molecule has 0 aliphatic heterocycles. The van der Waals surface area contributed by atoms with Crippen LogP contribution in [0.4, 0.5) is 4.79 Å². The highest BCUT2D eigenvalue weighted by Crippen LogP contribution is 2.08. The molecule has 0 bridgehead atoms. The molecular weight excluding hydrogens is 252 g/mol. The summed E-state index contributed by atoms with van der Waals surface area (Å²) in [6, 6.07) is -0.493. The number of ether oxygens (including phenoxy) is 2.